The monoisotopic (exact) mass is 289 g/mol. The number of carbonyl (C=O) groups excluding carboxylic acids is 1. The summed E-state index contributed by atoms with van der Waals surface area (Å²) in [5.74, 6) is 5.41. The van der Waals surface area contributed by atoms with E-state index in [-0.39, 0.29) is 18.6 Å². The standard InChI is InChI=1S/C17H23NO3/c1-13(2)21-11-9-18(4)17(20)16-8-7-14(3)15(12-16)6-5-10-19/h7-8,12-13,19H,9-11H2,1-4H3. The molecule has 0 aliphatic heterocycles. The van der Waals surface area contributed by atoms with Gasteiger partial charge in [0.1, 0.15) is 6.61 Å². The second kappa shape index (κ2) is 8.46. The topological polar surface area (TPSA) is 49.8 Å². The van der Waals surface area contributed by atoms with Crippen molar-refractivity contribution in [2.45, 2.75) is 26.9 Å². The fourth-order valence-corrected chi connectivity index (χ4v) is 1.77. The van der Waals surface area contributed by atoms with E-state index in [9.17, 15) is 4.79 Å². The number of ether oxygens (including phenoxy) is 1. The summed E-state index contributed by atoms with van der Waals surface area (Å²) in [5.41, 5.74) is 2.34. The molecule has 0 fully saturated rings. The van der Waals surface area contributed by atoms with Crippen LogP contribution < -0.4 is 0 Å². The van der Waals surface area contributed by atoms with Crippen molar-refractivity contribution in [1.82, 2.24) is 4.90 Å². The number of aryl methyl sites for hydroxylation is 1. The van der Waals surface area contributed by atoms with Gasteiger partial charge in [0, 0.05) is 24.7 Å². The van der Waals surface area contributed by atoms with Crippen molar-refractivity contribution in [3.05, 3.63) is 34.9 Å². The maximum atomic E-state index is 12.3. The highest BCUT2D eigenvalue weighted by Gasteiger charge is 2.12. The molecule has 1 rings (SSSR count). The van der Waals surface area contributed by atoms with Gasteiger partial charge >= 0.3 is 0 Å². The molecule has 0 aliphatic carbocycles. The van der Waals surface area contributed by atoms with E-state index in [2.05, 4.69) is 11.8 Å². The van der Waals surface area contributed by atoms with Crippen LogP contribution in [0, 0.1) is 18.8 Å². The highest BCUT2D eigenvalue weighted by molar-refractivity contribution is 5.94. The summed E-state index contributed by atoms with van der Waals surface area (Å²) < 4.78 is 5.45. The average molecular weight is 289 g/mol. The first-order valence-corrected chi connectivity index (χ1v) is 7.03. The number of rotatable bonds is 5. The fraction of sp³-hybridized carbons (Fsp3) is 0.471. The largest absolute Gasteiger partial charge is 0.384 e. The quantitative estimate of drug-likeness (QED) is 0.841. The van der Waals surface area contributed by atoms with E-state index in [4.69, 9.17) is 9.84 Å². The van der Waals surface area contributed by atoms with E-state index in [0.29, 0.717) is 18.7 Å². The molecule has 0 aromatic heterocycles. The van der Waals surface area contributed by atoms with Gasteiger partial charge in [0.25, 0.3) is 5.91 Å². The van der Waals surface area contributed by atoms with Crippen LogP contribution in [-0.4, -0.2) is 48.8 Å². The van der Waals surface area contributed by atoms with Gasteiger partial charge in [0.2, 0.25) is 0 Å². The Hall–Kier alpha value is -1.83. The molecule has 0 saturated heterocycles. The van der Waals surface area contributed by atoms with Crippen molar-refractivity contribution in [2.24, 2.45) is 0 Å². The van der Waals surface area contributed by atoms with Gasteiger partial charge in [-0.05, 0) is 38.5 Å². The molecular formula is C17H23NO3. The van der Waals surface area contributed by atoms with Gasteiger partial charge in [0.15, 0.2) is 0 Å². The summed E-state index contributed by atoms with van der Waals surface area (Å²) >= 11 is 0. The maximum Gasteiger partial charge on any atom is 0.253 e. The molecule has 4 nitrogen and oxygen atoms in total. The van der Waals surface area contributed by atoms with Crippen molar-refractivity contribution in [2.75, 3.05) is 26.8 Å². The van der Waals surface area contributed by atoms with Gasteiger partial charge in [0.05, 0.1) is 12.7 Å². The number of aliphatic hydroxyl groups excluding tert-OH is 1. The minimum atomic E-state index is -0.190. The lowest BCUT2D eigenvalue weighted by Crippen LogP contribution is -2.30. The molecule has 0 spiro atoms. The molecule has 1 aromatic rings. The van der Waals surface area contributed by atoms with Gasteiger partial charge in [-0.15, -0.1) is 0 Å². The van der Waals surface area contributed by atoms with Crippen LogP contribution in [0.3, 0.4) is 0 Å². The molecule has 1 aromatic carbocycles. The second-order valence-electron chi connectivity index (χ2n) is 5.14. The maximum absolute atomic E-state index is 12.3. The third kappa shape index (κ3) is 5.58. The van der Waals surface area contributed by atoms with Crippen LogP contribution >= 0.6 is 0 Å². The molecular weight excluding hydrogens is 266 g/mol. The molecule has 4 heteroatoms. The Morgan fingerprint density at radius 1 is 1.43 bits per heavy atom. The lowest BCUT2D eigenvalue weighted by molar-refractivity contribution is 0.0532. The van der Waals surface area contributed by atoms with Crippen LogP contribution in [0.2, 0.25) is 0 Å². The lowest BCUT2D eigenvalue weighted by Gasteiger charge is -2.18. The van der Waals surface area contributed by atoms with Crippen molar-refractivity contribution in [3.63, 3.8) is 0 Å². The number of nitrogens with zero attached hydrogens (tertiary/aromatic N) is 1. The third-order valence-corrected chi connectivity index (χ3v) is 3.01. The average Bonchev–Trinajstić information content (AvgIpc) is 2.45. The number of likely N-dealkylation sites (N-methyl/N-ethyl adjacent to an activating group) is 1. The van der Waals surface area contributed by atoms with Crippen LogP contribution in [0.25, 0.3) is 0 Å². The number of hydrogen-bond donors (Lipinski definition) is 1. The number of benzene rings is 1. The van der Waals surface area contributed by atoms with Gasteiger partial charge in [-0.2, -0.15) is 0 Å². The predicted octanol–water partition coefficient (Wildman–Crippen LogP) is 1.84. The summed E-state index contributed by atoms with van der Waals surface area (Å²) in [6, 6.07) is 5.43. The van der Waals surface area contributed by atoms with Gasteiger partial charge in [-0.25, -0.2) is 0 Å². The van der Waals surface area contributed by atoms with Crippen LogP contribution in [0.15, 0.2) is 18.2 Å². The molecule has 0 heterocycles. The normalized spacial score (nSPS) is 10.2. The van der Waals surface area contributed by atoms with Crippen LogP contribution in [-0.2, 0) is 4.74 Å². The van der Waals surface area contributed by atoms with E-state index >= 15 is 0 Å². The molecule has 0 bridgehead atoms. The first kappa shape index (κ1) is 17.2. The number of aliphatic hydroxyl groups is 1. The summed E-state index contributed by atoms with van der Waals surface area (Å²) in [7, 11) is 1.75. The molecule has 0 unspecified atom stereocenters. The van der Waals surface area contributed by atoms with E-state index in [0.717, 1.165) is 11.1 Å². The van der Waals surface area contributed by atoms with E-state index in [1.165, 1.54) is 0 Å². The molecule has 0 atom stereocenters. The van der Waals surface area contributed by atoms with Gasteiger partial charge in [-0.1, -0.05) is 17.9 Å². The Morgan fingerprint density at radius 2 is 2.14 bits per heavy atom. The van der Waals surface area contributed by atoms with Crippen LogP contribution in [0.5, 0.6) is 0 Å². The van der Waals surface area contributed by atoms with Crippen molar-refractivity contribution in [1.29, 1.82) is 0 Å². The zero-order valence-electron chi connectivity index (χ0n) is 13.1. The summed E-state index contributed by atoms with van der Waals surface area (Å²) in [6.45, 7) is 6.73. The van der Waals surface area contributed by atoms with Gasteiger partial charge < -0.3 is 14.7 Å². The molecule has 21 heavy (non-hydrogen) atoms. The first-order valence-electron chi connectivity index (χ1n) is 7.03. The molecule has 0 radical (unpaired) electrons. The second-order valence-corrected chi connectivity index (χ2v) is 5.14. The molecule has 0 saturated carbocycles. The lowest BCUT2D eigenvalue weighted by atomic mass is 10.0. The molecule has 0 aliphatic rings. The van der Waals surface area contributed by atoms with Crippen molar-refractivity contribution < 1.29 is 14.6 Å². The minimum Gasteiger partial charge on any atom is -0.384 e. The SMILES string of the molecule is Cc1ccc(C(=O)N(C)CCOC(C)C)cc1C#CCO. The highest BCUT2D eigenvalue weighted by atomic mass is 16.5. The zero-order chi connectivity index (χ0) is 15.8. The summed E-state index contributed by atoms with van der Waals surface area (Å²) in [6.07, 6.45) is 0.160. The zero-order valence-corrected chi connectivity index (χ0v) is 13.1. The first-order chi connectivity index (χ1) is 9.95. The fourth-order valence-electron chi connectivity index (χ4n) is 1.77. The smallest absolute Gasteiger partial charge is 0.253 e. The van der Waals surface area contributed by atoms with E-state index < -0.39 is 0 Å². The summed E-state index contributed by atoms with van der Waals surface area (Å²) in [4.78, 5) is 14.0. The van der Waals surface area contributed by atoms with E-state index in [1.807, 2.05) is 26.8 Å². The highest BCUT2D eigenvalue weighted by Crippen LogP contribution is 2.12. The van der Waals surface area contributed by atoms with Crippen molar-refractivity contribution in [3.8, 4) is 11.8 Å². The third-order valence-electron chi connectivity index (χ3n) is 3.01. The summed E-state index contributed by atoms with van der Waals surface area (Å²) in [5, 5.41) is 8.76. The van der Waals surface area contributed by atoms with Crippen LogP contribution in [0.4, 0.5) is 0 Å². The number of hydrogen-bond acceptors (Lipinski definition) is 3. The Balaban J connectivity index is 2.77. The molecule has 114 valence electrons. The Labute approximate surface area is 126 Å². The van der Waals surface area contributed by atoms with Crippen molar-refractivity contribution >= 4 is 5.91 Å². The molecule has 1 amide bonds. The number of amides is 1. The van der Waals surface area contributed by atoms with Gasteiger partial charge in [-0.3, -0.25) is 4.79 Å². The Morgan fingerprint density at radius 3 is 2.76 bits per heavy atom. The number of carbonyl (C=O) groups is 1. The molecule has 1 N–H and O–H groups in total. The van der Waals surface area contributed by atoms with E-state index in [1.54, 1.807) is 24.1 Å². The Bertz CT molecular complexity index is 541. The predicted molar refractivity (Wildman–Crippen MR) is 83.2 cm³/mol. The minimum absolute atomic E-state index is 0.0607. The van der Waals surface area contributed by atoms with Crippen LogP contribution in [0.1, 0.15) is 35.3 Å². The Kier molecular flexibility index (Phi) is 6.93.